The van der Waals surface area contributed by atoms with E-state index >= 15 is 0 Å². The number of rotatable bonds is 4. The lowest BCUT2D eigenvalue weighted by atomic mass is 10.0. The zero-order valence-corrected chi connectivity index (χ0v) is 20.9. The van der Waals surface area contributed by atoms with Gasteiger partial charge in [-0.05, 0) is 53.9 Å². The van der Waals surface area contributed by atoms with Crippen molar-refractivity contribution in [2.45, 2.75) is 10.9 Å². The molecule has 8 nitrogen and oxygen atoms in total. The van der Waals surface area contributed by atoms with Crippen molar-refractivity contribution in [1.82, 2.24) is 9.21 Å². The van der Waals surface area contributed by atoms with Crippen LogP contribution in [0.1, 0.15) is 26.8 Å². The van der Waals surface area contributed by atoms with Crippen molar-refractivity contribution in [3.63, 3.8) is 0 Å². The molecule has 0 radical (unpaired) electrons. The third-order valence-corrected chi connectivity index (χ3v) is 9.06. The molecule has 1 N–H and O–H groups in total. The van der Waals surface area contributed by atoms with Crippen LogP contribution in [0.15, 0.2) is 64.9 Å². The van der Waals surface area contributed by atoms with E-state index in [0.717, 1.165) is 4.88 Å². The van der Waals surface area contributed by atoms with Gasteiger partial charge in [-0.1, -0.05) is 17.7 Å². The monoisotopic (exact) mass is 531 g/mol. The van der Waals surface area contributed by atoms with Gasteiger partial charge in [-0.15, -0.1) is 11.3 Å². The molecule has 0 spiro atoms. The van der Waals surface area contributed by atoms with E-state index < -0.39 is 16.1 Å². The van der Waals surface area contributed by atoms with E-state index in [9.17, 15) is 18.0 Å². The first kappa shape index (κ1) is 24.0. The topological polar surface area (TPSA) is 96.0 Å². The third kappa shape index (κ3) is 4.72. The summed E-state index contributed by atoms with van der Waals surface area (Å²) in [5, 5.41) is 5.26. The number of hydrogen-bond donors (Lipinski definition) is 1. The lowest BCUT2D eigenvalue weighted by Gasteiger charge is -2.30. The number of carbonyl (C=O) groups is 2. The minimum absolute atomic E-state index is 0.108. The van der Waals surface area contributed by atoms with E-state index in [4.69, 9.17) is 16.3 Å². The van der Waals surface area contributed by atoms with Crippen molar-refractivity contribution in [2.24, 2.45) is 0 Å². The van der Waals surface area contributed by atoms with Crippen molar-refractivity contribution in [2.75, 3.05) is 38.2 Å². The smallest absolute Gasteiger partial charge is 0.255 e. The highest BCUT2D eigenvalue weighted by Crippen LogP contribution is 2.39. The second-order valence-electron chi connectivity index (χ2n) is 8.17. The van der Waals surface area contributed by atoms with E-state index in [1.54, 1.807) is 18.2 Å². The predicted octanol–water partition coefficient (Wildman–Crippen LogP) is 3.61. The summed E-state index contributed by atoms with van der Waals surface area (Å²) in [6.45, 7) is 1.11. The second kappa shape index (κ2) is 9.71. The lowest BCUT2D eigenvalue weighted by Crippen LogP contribution is -2.40. The summed E-state index contributed by atoms with van der Waals surface area (Å²) in [4.78, 5) is 28.9. The Morgan fingerprint density at radius 2 is 1.83 bits per heavy atom. The van der Waals surface area contributed by atoms with Gasteiger partial charge in [0.1, 0.15) is 6.54 Å². The van der Waals surface area contributed by atoms with Crippen LogP contribution in [0.5, 0.6) is 0 Å². The maximum absolute atomic E-state index is 13.7. The zero-order valence-electron chi connectivity index (χ0n) is 18.5. The second-order valence-corrected chi connectivity index (χ2v) is 11.5. The number of fused-ring (bicyclic) bond motifs is 1. The van der Waals surface area contributed by atoms with Crippen LogP contribution >= 0.6 is 22.9 Å². The molecular formula is C24H22ClN3O5S2. The van der Waals surface area contributed by atoms with Crippen molar-refractivity contribution >= 4 is 50.5 Å². The van der Waals surface area contributed by atoms with Crippen LogP contribution in [-0.2, 0) is 19.6 Å². The molecule has 35 heavy (non-hydrogen) atoms. The average Bonchev–Trinajstić information content (AvgIpc) is 3.35. The minimum Gasteiger partial charge on any atom is -0.379 e. The standard InChI is InChI=1S/C24H22ClN3O5S2/c25-17-5-8-20-19(14-17)23(21-2-1-13-34-21)28(15-22(29)26-20)24(30)16-3-6-18(7-4-16)35(31,32)27-9-11-33-12-10-27/h1-8,13-14,23H,9-12,15H2,(H,26,29). The summed E-state index contributed by atoms with van der Waals surface area (Å²) in [5.74, 6) is -0.714. The van der Waals surface area contributed by atoms with Crippen molar-refractivity contribution < 1.29 is 22.7 Å². The van der Waals surface area contributed by atoms with Gasteiger partial charge in [-0.3, -0.25) is 9.59 Å². The molecule has 0 saturated carbocycles. The molecule has 1 saturated heterocycles. The Kier molecular flexibility index (Phi) is 6.65. The number of hydrogen-bond acceptors (Lipinski definition) is 6. The van der Waals surface area contributed by atoms with E-state index in [0.29, 0.717) is 29.5 Å². The number of carbonyl (C=O) groups excluding carboxylic acids is 2. The highest BCUT2D eigenvalue weighted by atomic mass is 35.5. The summed E-state index contributed by atoms with van der Waals surface area (Å²) >= 11 is 7.76. The number of anilines is 1. The number of nitrogens with one attached hydrogen (secondary N) is 1. The Labute approximate surface area is 212 Å². The number of thiophene rings is 1. The number of halogens is 1. The van der Waals surface area contributed by atoms with E-state index in [1.165, 1.54) is 44.8 Å². The summed E-state index contributed by atoms with van der Waals surface area (Å²) in [6, 6.07) is 14.3. The lowest BCUT2D eigenvalue weighted by molar-refractivity contribution is -0.117. The van der Waals surface area contributed by atoms with E-state index in [2.05, 4.69) is 5.32 Å². The number of amides is 2. The first-order valence-electron chi connectivity index (χ1n) is 11.0. The first-order chi connectivity index (χ1) is 16.8. The Bertz CT molecular complexity index is 1350. The van der Waals surface area contributed by atoms with E-state index in [1.807, 2.05) is 17.5 Å². The molecule has 182 valence electrons. The quantitative estimate of drug-likeness (QED) is 0.555. The van der Waals surface area contributed by atoms with Gasteiger partial charge >= 0.3 is 0 Å². The number of nitrogens with zero attached hydrogens (tertiary/aromatic N) is 2. The Balaban J connectivity index is 1.50. The van der Waals surface area contributed by atoms with Crippen LogP contribution in [-0.4, -0.2) is 62.3 Å². The minimum atomic E-state index is -3.68. The molecule has 2 aromatic carbocycles. The fourth-order valence-corrected chi connectivity index (χ4v) is 6.73. The molecule has 2 aliphatic heterocycles. The van der Waals surface area contributed by atoms with Crippen molar-refractivity contribution in [3.05, 3.63) is 81.0 Å². The predicted molar refractivity (Wildman–Crippen MR) is 133 cm³/mol. The van der Waals surface area contributed by atoms with Crippen LogP contribution in [0.25, 0.3) is 0 Å². The van der Waals surface area contributed by atoms with Gasteiger partial charge in [-0.2, -0.15) is 4.31 Å². The SMILES string of the molecule is O=C1CN(C(=O)c2ccc(S(=O)(=O)N3CCOCC3)cc2)C(c2cccs2)c2cc(Cl)ccc2N1. The van der Waals surface area contributed by atoms with Gasteiger partial charge in [0.25, 0.3) is 5.91 Å². The molecule has 3 aromatic rings. The Morgan fingerprint density at radius 3 is 2.51 bits per heavy atom. The third-order valence-electron chi connectivity index (χ3n) is 5.99. The fourth-order valence-electron chi connectivity index (χ4n) is 4.29. The van der Waals surface area contributed by atoms with Gasteiger partial charge < -0.3 is 15.0 Å². The van der Waals surface area contributed by atoms with E-state index in [-0.39, 0.29) is 41.9 Å². The molecule has 1 atom stereocenters. The molecule has 1 aromatic heterocycles. The van der Waals surface area contributed by atoms with Crippen LogP contribution < -0.4 is 5.32 Å². The number of sulfonamides is 1. The maximum Gasteiger partial charge on any atom is 0.255 e. The molecule has 1 fully saturated rings. The molecule has 1 unspecified atom stereocenters. The molecular weight excluding hydrogens is 510 g/mol. The molecule has 0 aliphatic carbocycles. The summed E-state index contributed by atoms with van der Waals surface area (Å²) in [6.07, 6.45) is 0. The molecule has 11 heteroatoms. The van der Waals surface area contributed by atoms with Crippen LogP contribution in [0.4, 0.5) is 5.69 Å². The molecule has 5 rings (SSSR count). The normalized spacial score (nSPS) is 19.1. The molecule has 2 amide bonds. The highest BCUT2D eigenvalue weighted by molar-refractivity contribution is 7.89. The summed E-state index contributed by atoms with van der Waals surface area (Å²) in [5.41, 5.74) is 1.59. The first-order valence-corrected chi connectivity index (χ1v) is 13.7. The van der Waals surface area contributed by atoms with Crippen molar-refractivity contribution in [3.8, 4) is 0 Å². The molecule has 0 bridgehead atoms. The average molecular weight is 532 g/mol. The number of morpholine rings is 1. The van der Waals surface area contributed by atoms with Gasteiger partial charge in [0.15, 0.2) is 0 Å². The van der Waals surface area contributed by atoms with Crippen molar-refractivity contribution in [1.29, 1.82) is 0 Å². The molecule has 2 aliphatic rings. The zero-order chi connectivity index (χ0) is 24.6. The Hall–Kier alpha value is -2.76. The molecule has 3 heterocycles. The van der Waals surface area contributed by atoms with Crippen LogP contribution in [0, 0.1) is 0 Å². The van der Waals surface area contributed by atoms with Gasteiger partial charge in [0.2, 0.25) is 15.9 Å². The fraction of sp³-hybridized carbons (Fsp3) is 0.250. The van der Waals surface area contributed by atoms with Crippen LogP contribution in [0.2, 0.25) is 5.02 Å². The number of ether oxygens (including phenoxy) is 1. The Morgan fingerprint density at radius 1 is 1.09 bits per heavy atom. The van der Waals surface area contributed by atoms with Gasteiger partial charge in [0.05, 0.1) is 24.2 Å². The summed E-state index contributed by atoms with van der Waals surface area (Å²) in [7, 11) is -3.68. The highest BCUT2D eigenvalue weighted by Gasteiger charge is 2.35. The maximum atomic E-state index is 13.7. The largest absolute Gasteiger partial charge is 0.379 e. The van der Waals surface area contributed by atoms with Gasteiger partial charge in [-0.25, -0.2) is 8.42 Å². The summed E-state index contributed by atoms with van der Waals surface area (Å²) < 4.78 is 32.5. The number of benzene rings is 2. The van der Waals surface area contributed by atoms with Gasteiger partial charge in [0, 0.05) is 39.8 Å². The van der Waals surface area contributed by atoms with Crippen LogP contribution in [0.3, 0.4) is 0 Å².